The van der Waals surface area contributed by atoms with Gasteiger partial charge in [0.05, 0.1) is 0 Å². The van der Waals surface area contributed by atoms with Crippen molar-refractivity contribution in [2.24, 2.45) is 11.3 Å². The number of hydrogen-bond acceptors (Lipinski definition) is 1. The van der Waals surface area contributed by atoms with Crippen LogP contribution in [0.1, 0.15) is 47.0 Å². The molecule has 0 saturated heterocycles. The summed E-state index contributed by atoms with van der Waals surface area (Å²) in [5.74, 6) is 0.990. The quantitative estimate of drug-likeness (QED) is 0.643. The van der Waals surface area contributed by atoms with Gasteiger partial charge in [0, 0.05) is 6.54 Å². The van der Waals surface area contributed by atoms with Crippen molar-refractivity contribution in [3.63, 3.8) is 0 Å². The molecule has 2 heteroatoms. The Morgan fingerprint density at radius 2 is 1.86 bits per heavy atom. The molecule has 0 bridgehead atoms. The fourth-order valence-corrected chi connectivity index (χ4v) is 2.71. The van der Waals surface area contributed by atoms with E-state index in [4.69, 9.17) is 0 Å². The lowest BCUT2D eigenvalue weighted by Crippen LogP contribution is -2.35. The van der Waals surface area contributed by atoms with Crippen molar-refractivity contribution in [3.05, 3.63) is 0 Å². The van der Waals surface area contributed by atoms with E-state index >= 15 is 0 Å². The first-order chi connectivity index (χ1) is 6.56. The Morgan fingerprint density at radius 1 is 1.36 bits per heavy atom. The first kappa shape index (κ1) is 14.4. The molecule has 0 aromatic heterocycles. The Labute approximate surface area is 92.5 Å². The van der Waals surface area contributed by atoms with Crippen molar-refractivity contribution in [3.8, 4) is 0 Å². The molecule has 1 aliphatic carbocycles. The summed E-state index contributed by atoms with van der Waals surface area (Å²) >= 11 is 0. The van der Waals surface area contributed by atoms with Crippen LogP contribution in [0.5, 0.6) is 0 Å². The molecule has 1 saturated carbocycles. The molecule has 1 nitrogen and oxygen atoms in total. The minimum atomic E-state index is 0.688. The zero-order valence-corrected chi connectivity index (χ0v) is 11.9. The first-order valence-corrected chi connectivity index (χ1v) is 7.39. The van der Waals surface area contributed by atoms with E-state index in [0.717, 1.165) is 14.6 Å². The van der Waals surface area contributed by atoms with E-state index in [1.165, 1.54) is 25.8 Å². The average molecular weight is 217 g/mol. The lowest BCUT2D eigenvalue weighted by atomic mass is 9.62. The Balaban J connectivity index is 0.000000791. The van der Waals surface area contributed by atoms with E-state index in [9.17, 15) is 0 Å². The summed E-state index contributed by atoms with van der Waals surface area (Å²) in [6, 6.07) is 0. The highest BCUT2D eigenvalue weighted by Gasteiger charge is 2.36. The lowest BCUT2D eigenvalue weighted by Gasteiger charge is -2.44. The van der Waals surface area contributed by atoms with Gasteiger partial charge in [-0.05, 0) is 44.3 Å². The molecule has 1 aliphatic rings. The predicted octanol–water partition coefficient (Wildman–Crippen LogP) is 3.99. The third kappa shape index (κ3) is 4.75. The SMILES string of the molecule is CC.CPN(C)CCC1(C)CC(C)C1. The maximum Gasteiger partial charge on any atom is 0.00206 e. The first-order valence-electron chi connectivity index (χ1n) is 5.94. The Hall–Kier alpha value is 0.390. The van der Waals surface area contributed by atoms with Crippen LogP contribution in [0.15, 0.2) is 0 Å². The molecule has 1 rings (SSSR count). The fourth-order valence-electron chi connectivity index (χ4n) is 2.38. The van der Waals surface area contributed by atoms with Crippen molar-refractivity contribution < 1.29 is 0 Å². The molecule has 1 unspecified atom stereocenters. The zero-order valence-electron chi connectivity index (χ0n) is 10.9. The van der Waals surface area contributed by atoms with Gasteiger partial charge in [0.25, 0.3) is 0 Å². The van der Waals surface area contributed by atoms with Crippen molar-refractivity contribution in [1.82, 2.24) is 4.67 Å². The van der Waals surface area contributed by atoms with E-state index < -0.39 is 0 Å². The largest absolute Gasteiger partial charge is 0.288 e. The van der Waals surface area contributed by atoms with Crippen LogP contribution in [0.3, 0.4) is 0 Å². The standard InChI is InChI=1S/C10H22NP.C2H6/c1-9-7-10(2,8-9)5-6-11(3)12-4;1-2/h9,12H,5-8H2,1-4H3;1-2H3. The maximum absolute atomic E-state index is 2.44. The molecule has 0 radical (unpaired) electrons. The predicted molar refractivity (Wildman–Crippen MR) is 69.3 cm³/mol. The van der Waals surface area contributed by atoms with Crippen LogP contribution in [-0.4, -0.2) is 24.9 Å². The van der Waals surface area contributed by atoms with E-state index in [1.807, 2.05) is 13.8 Å². The molecule has 86 valence electrons. The van der Waals surface area contributed by atoms with Crippen LogP contribution in [0.25, 0.3) is 0 Å². The summed E-state index contributed by atoms with van der Waals surface area (Å²) in [6.45, 7) is 12.4. The third-order valence-corrected chi connectivity index (χ3v) is 4.10. The van der Waals surface area contributed by atoms with Gasteiger partial charge in [-0.1, -0.05) is 36.4 Å². The van der Waals surface area contributed by atoms with Gasteiger partial charge in [0.2, 0.25) is 0 Å². The van der Waals surface area contributed by atoms with Crippen molar-refractivity contribution in [2.45, 2.75) is 47.0 Å². The van der Waals surface area contributed by atoms with E-state index in [0.29, 0.717) is 5.41 Å². The van der Waals surface area contributed by atoms with Crippen molar-refractivity contribution >= 4 is 8.73 Å². The van der Waals surface area contributed by atoms with Crippen LogP contribution in [0, 0.1) is 11.3 Å². The van der Waals surface area contributed by atoms with Gasteiger partial charge in [-0.2, -0.15) is 0 Å². The van der Waals surface area contributed by atoms with Crippen LogP contribution in [0.4, 0.5) is 0 Å². The Morgan fingerprint density at radius 3 is 2.21 bits per heavy atom. The van der Waals surface area contributed by atoms with Gasteiger partial charge >= 0.3 is 0 Å². The van der Waals surface area contributed by atoms with E-state index in [-0.39, 0.29) is 0 Å². The summed E-state index contributed by atoms with van der Waals surface area (Å²) in [5.41, 5.74) is 0.688. The zero-order chi connectivity index (χ0) is 11.2. The second kappa shape index (κ2) is 6.80. The fraction of sp³-hybridized carbons (Fsp3) is 1.00. The summed E-state index contributed by atoms with van der Waals surface area (Å²) in [4.78, 5) is 0. The molecule has 0 N–H and O–H groups in total. The van der Waals surface area contributed by atoms with Crippen LogP contribution >= 0.6 is 8.73 Å². The number of hydrogen-bond donors (Lipinski definition) is 0. The Kier molecular flexibility index (Phi) is 6.99. The van der Waals surface area contributed by atoms with Gasteiger partial charge in [0.15, 0.2) is 0 Å². The summed E-state index contributed by atoms with van der Waals surface area (Å²) in [7, 11) is 3.20. The molecule has 14 heavy (non-hydrogen) atoms. The van der Waals surface area contributed by atoms with Gasteiger partial charge in [-0.3, -0.25) is 4.67 Å². The lowest BCUT2D eigenvalue weighted by molar-refractivity contribution is 0.0734. The van der Waals surface area contributed by atoms with Crippen LogP contribution in [0.2, 0.25) is 0 Å². The highest BCUT2D eigenvalue weighted by Crippen LogP contribution is 2.47. The van der Waals surface area contributed by atoms with E-state index in [2.05, 4.69) is 32.2 Å². The molecule has 0 amide bonds. The minimum Gasteiger partial charge on any atom is -0.288 e. The Bertz CT molecular complexity index is 141. The second-order valence-corrected chi connectivity index (χ2v) is 5.93. The van der Waals surface area contributed by atoms with Gasteiger partial charge in [-0.15, -0.1) is 0 Å². The molecule has 0 heterocycles. The molecule has 1 fully saturated rings. The highest BCUT2D eigenvalue weighted by atomic mass is 31.1. The third-order valence-electron chi connectivity index (χ3n) is 3.12. The van der Waals surface area contributed by atoms with Crippen LogP contribution in [-0.2, 0) is 0 Å². The molecular weight excluding hydrogens is 189 g/mol. The summed E-state index contributed by atoms with van der Waals surface area (Å²) in [6.07, 6.45) is 4.30. The maximum atomic E-state index is 2.44. The van der Waals surface area contributed by atoms with Gasteiger partial charge in [-0.25, -0.2) is 0 Å². The highest BCUT2D eigenvalue weighted by molar-refractivity contribution is 7.34. The minimum absolute atomic E-state index is 0.688. The normalized spacial score (nSPS) is 31.5. The summed E-state index contributed by atoms with van der Waals surface area (Å²) in [5, 5.41) is 0. The van der Waals surface area contributed by atoms with Crippen molar-refractivity contribution in [2.75, 3.05) is 20.3 Å². The monoisotopic (exact) mass is 217 g/mol. The summed E-state index contributed by atoms with van der Waals surface area (Å²) < 4.78 is 2.44. The molecule has 0 aliphatic heterocycles. The topological polar surface area (TPSA) is 3.24 Å². The smallest absolute Gasteiger partial charge is 0.00206 e. The molecule has 0 aromatic rings. The molecule has 1 atom stereocenters. The van der Waals surface area contributed by atoms with Crippen molar-refractivity contribution in [1.29, 1.82) is 0 Å². The molecule has 0 aromatic carbocycles. The van der Waals surface area contributed by atoms with Crippen LogP contribution < -0.4 is 0 Å². The average Bonchev–Trinajstić information content (AvgIpc) is 2.15. The number of nitrogens with zero attached hydrogens (tertiary/aromatic N) is 1. The number of rotatable bonds is 4. The van der Waals surface area contributed by atoms with Gasteiger partial charge in [0.1, 0.15) is 0 Å². The molecular formula is C12H28NP. The second-order valence-electron chi connectivity index (χ2n) is 4.72. The van der Waals surface area contributed by atoms with Gasteiger partial charge < -0.3 is 0 Å². The van der Waals surface area contributed by atoms with E-state index in [1.54, 1.807) is 0 Å². The molecule has 0 spiro atoms.